The highest BCUT2D eigenvalue weighted by Gasteiger charge is 2.32. The third-order valence-corrected chi connectivity index (χ3v) is 5.25. The summed E-state index contributed by atoms with van der Waals surface area (Å²) in [6, 6.07) is 14.2. The third kappa shape index (κ3) is 4.43. The van der Waals surface area contributed by atoms with E-state index in [1.807, 2.05) is 12.1 Å². The molecule has 2 heterocycles. The van der Waals surface area contributed by atoms with Crippen LogP contribution in [0.3, 0.4) is 0 Å². The van der Waals surface area contributed by atoms with E-state index in [4.69, 9.17) is 9.47 Å². The van der Waals surface area contributed by atoms with Crippen molar-refractivity contribution in [2.45, 2.75) is 26.9 Å². The Hall–Kier alpha value is -4.14. The van der Waals surface area contributed by atoms with Crippen molar-refractivity contribution in [3.05, 3.63) is 66.0 Å². The number of amides is 2. The predicted octanol–water partition coefficient (Wildman–Crippen LogP) is 3.11. The molecule has 1 atom stereocenters. The lowest BCUT2D eigenvalue weighted by molar-refractivity contribution is -0.127. The zero-order valence-electron chi connectivity index (χ0n) is 18.6. The maximum Gasteiger partial charge on any atom is 0.341 e. The minimum Gasteiger partial charge on any atom is -0.479 e. The molecule has 1 N–H and O–H groups in total. The van der Waals surface area contributed by atoms with E-state index in [0.717, 1.165) is 0 Å². The minimum atomic E-state index is -0.674. The molecule has 0 saturated carbocycles. The first-order chi connectivity index (χ1) is 15.9. The number of carbonyl (C=O) groups excluding carboxylic acids is 3. The Morgan fingerprint density at radius 1 is 1.18 bits per heavy atom. The van der Waals surface area contributed by atoms with Crippen molar-refractivity contribution in [1.29, 1.82) is 0 Å². The zero-order valence-corrected chi connectivity index (χ0v) is 18.6. The number of hydrogen-bond acceptors (Lipinski definition) is 6. The van der Waals surface area contributed by atoms with Gasteiger partial charge in [0.15, 0.2) is 6.10 Å². The van der Waals surface area contributed by atoms with Crippen LogP contribution in [0, 0.1) is 6.92 Å². The molecule has 0 aliphatic carbocycles. The molecular formula is C24H24N4O5. The van der Waals surface area contributed by atoms with E-state index < -0.39 is 12.1 Å². The Kier molecular flexibility index (Phi) is 6.12. The number of carbonyl (C=O) groups is 3. The van der Waals surface area contributed by atoms with Crippen LogP contribution in [0.4, 0.5) is 11.4 Å². The number of esters is 1. The maximum atomic E-state index is 12.8. The van der Waals surface area contributed by atoms with Gasteiger partial charge in [0.05, 0.1) is 29.9 Å². The molecule has 0 radical (unpaired) electrons. The number of hydrogen-bond donors (Lipinski definition) is 1. The van der Waals surface area contributed by atoms with Gasteiger partial charge in [-0.15, -0.1) is 0 Å². The Balaban J connectivity index is 1.51. The monoisotopic (exact) mass is 448 g/mol. The number of aromatic nitrogens is 2. The first-order valence-electron chi connectivity index (χ1n) is 10.6. The number of fused-ring (bicyclic) bond motifs is 1. The molecule has 9 heteroatoms. The van der Waals surface area contributed by atoms with Crippen molar-refractivity contribution >= 4 is 29.2 Å². The van der Waals surface area contributed by atoms with E-state index in [1.165, 1.54) is 11.1 Å². The largest absolute Gasteiger partial charge is 0.479 e. The summed E-state index contributed by atoms with van der Waals surface area (Å²) < 4.78 is 12.3. The van der Waals surface area contributed by atoms with Crippen molar-refractivity contribution in [3.63, 3.8) is 0 Å². The SMILES string of the molecule is CCOC(=O)c1cnn(-c2cccc(NC(=O)CN3C(=O)C(C)Oc4ccccc43)c2)c1C. The van der Waals surface area contributed by atoms with Crippen LogP contribution in [-0.4, -0.2) is 46.8 Å². The molecule has 33 heavy (non-hydrogen) atoms. The summed E-state index contributed by atoms with van der Waals surface area (Å²) in [6.07, 6.45) is 0.786. The Morgan fingerprint density at radius 3 is 2.76 bits per heavy atom. The van der Waals surface area contributed by atoms with Crippen LogP contribution in [0.15, 0.2) is 54.7 Å². The lowest BCUT2D eigenvalue weighted by atomic mass is 10.2. The average molecular weight is 448 g/mol. The van der Waals surface area contributed by atoms with E-state index in [1.54, 1.807) is 61.9 Å². The summed E-state index contributed by atoms with van der Waals surface area (Å²) >= 11 is 0. The van der Waals surface area contributed by atoms with Gasteiger partial charge in [-0.2, -0.15) is 5.10 Å². The number of nitrogens with zero attached hydrogens (tertiary/aromatic N) is 3. The van der Waals surface area contributed by atoms with Crippen LogP contribution < -0.4 is 15.0 Å². The van der Waals surface area contributed by atoms with Crippen molar-refractivity contribution < 1.29 is 23.9 Å². The standard InChI is InChI=1S/C24H24N4O5/c1-4-32-24(31)19-13-25-28(15(19)2)18-9-7-8-17(12-18)26-22(29)14-27-20-10-5-6-11-21(20)33-16(3)23(27)30/h5-13,16H,4,14H2,1-3H3,(H,26,29). The summed E-state index contributed by atoms with van der Waals surface area (Å²) in [5.41, 5.74) is 2.77. The second kappa shape index (κ2) is 9.15. The van der Waals surface area contributed by atoms with Crippen LogP contribution >= 0.6 is 0 Å². The molecule has 0 bridgehead atoms. The first kappa shape index (κ1) is 22.1. The lowest BCUT2D eigenvalue weighted by Gasteiger charge is -2.32. The van der Waals surface area contributed by atoms with Gasteiger partial charge in [0.25, 0.3) is 5.91 Å². The molecule has 1 aromatic heterocycles. The zero-order chi connectivity index (χ0) is 23.5. The fourth-order valence-electron chi connectivity index (χ4n) is 3.66. The van der Waals surface area contributed by atoms with E-state index in [-0.39, 0.29) is 25.0 Å². The van der Waals surface area contributed by atoms with Crippen LogP contribution in [0.5, 0.6) is 5.75 Å². The van der Waals surface area contributed by atoms with E-state index >= 15 is 0 Å². The summed E-state index contributed by atoms with van der Waals surface area (Å²) in [4.78, 5) is 38.9. The number of nitrogens with one attached hydrogen (secondary N) is 1. The number of anilines is 2. The summed E-state index contributed by atoms with van der Waals surface area (Å²) in [7, 11) is 0. The minimum absolute atomic E-state index is 0.151. The molecule has 0 saturated heterocycles. The second-order valence-corrected chi connectivity index (χ2v) is 7.53. The Morgan fingerprint density at radius 2 is 1.97 bits per heavy atom. The number of para-hydroxylation sites is 2. The highest BCUT2D eigenvalue weighted by atomic mass is 16.5. The first-order valence-corrected chi connectivity index (χ1v) is 10.6. The molecular weight excluding hydrogens is 424 g/mol. The fraction of sp³-hybridized carbons (Fsp3) is 0.250. The summed E-state index contributed by atoms with van der Waals surface area (Å²) in [5, 5.41) is 7.11. The van der Waals surface area contributed by atoms with Gasteiger partial charge in [0, 0.05) is 5.69 Å². The quantitative estimate of drug-likeness (QED) is 0.582. The van der Waals surface area contributed by atoms with Gasteiger partial charge >= 0.3 is 5.97 Å². The Labute approximate surface area is 190 Å². The van der Waals surface area contributed by atoms with Gasteiger partial charge < -0.3 is 14.8 Å². The third-order valence-electron chi connectivity index (χ3n) is 5.25. The number of ether oxygens (including phenoxy) is 2. The second-order valence-electron chi connectivity index (χ2n) is 7.53. The van der Waals surface area contributed by atoms with Crippen LogP contribution in [0.25, 0.3) is 5.69 Å². The molecule has 170 valence electrons. The fourth-order valence-corrected chi connectivity index (χ4v) is 3.66. The van der Waals surface area contributed by atoms with E-state index in [2.05, 4.69) is 10.4 Å². The maximum absolute atomic E-state index is 12.8. The van der Waals surface area contributed by atoms with Crippen molar-refractivity contribution in [2.24, 2.45) is 0 Å². The number of benzene rings is 2. The molecule has 9 nitrogen and oxygen atoms in total. The van der Waals surface area contributed by atoms with Crippen molar-refractivity contribution in [3.8, 4) is 11.4 Å². The molecule has 1 aliphatic rings. The van der Waals surface area contributed by atoms with E-state index in [0.29, 0.717) is 34.1 Å². The topological polar surface area (TPSA) is 103 Å². The molecule has 0 fully saturated rings. The van der Waals surface area contributed by atoms with Crippen molar-refractivity contribution in [1.82, 2.24) is 9.78 Å². The molecule has 4 rings (SSSR count). The Bertz CT molecular complexity index is 1220. The average Bonchev–Trinajstić information content (AvgIpc) is 3.18. The lowest BCUT2D eigenvalue weighted by Crippen LogP contribution is -2.47. The van der Waals surface area contributed by atoms with Crippen LogP contribution in [0.1, 0.15) is 29.9 Å². The van der Waals surface area contributed by atoms with Gasteiger partial charge in [-0.3, -0.25) is 14.5 Å². The molecule has 1 unspecified atom stereocenters. The smallest absolute Gasteiger partial charge is 0.341 e. The van der Waals surface area contributed by atoms with Gasteiger partial charge in [-0.05, 0) is 51.1 Å². The molecule has 2 amide bonds. The molecule has 0 spiro atoms. The normalized spacial score (nSPS) is 14.9. The van der Waals surface area contributed by atoms with Crippen LogP contribution in [0.2, 0.25) is 0 Å². The van der Waals surface area contributed by atoms with Crippen LogP contribution in [-0.2, 0) is 14.3 Å². The predicted molar refractivity (Wildman–Crippen MR) is 122 cm³/mol. The van der Waals surface area contributed by atoms with Gasteiger partial charge in [0.2, 0.25) is 5.91 Å². The molecule has 2 aromatic carbocycles. The highest BCUT2D eigenvalue weighted by molar-refractivity contribution is 6.06. The van der Waals surface area contributed by atoms with Crippen molar-refractivity contribution in [2.75, 3.05) is 23.4 Å². The number of rotatable bonds is 6. The van der Waals surface area contributed by atoms with Gasteiger partial charge in [-0.1, -0.05) is 18.2 Å². The van der Waals surface area contributed by atoms with E-state index in [9.17, 15) is 14.4 Å². The molecule has 1 aliphatic heterocycles. The summed E-state index contributed by atoms with van der Waals surface area (Å²) in [6.45, 7) is 5.30. The van der Waals surface area contributed by atoms with Gasteiger partial charge in [-0.25, -0.2) is 9.48 Å². The summed E-state index contributed by atoms with van der Waals surface area (Å²) in [5.74, 6) is -0.508. The van der Waals surface area contributed by atoms with Gasteiger partial charge in [0.1, 0.15) is 17.9 Å². The molecule has 3 aromatic rings. The highest BCUT2D eigenvalue weighted by Crippen LogP contribution is 2.33.